The fourth-order valence-electron chi connectivity index (χ4n) is 2.65. The summed E-state index contributed by atoms with van der Waals surface area (Å²) in [6.07, 6.45) is 2.47. The summed E-state index contributed by atoms with van der Waals surface area (Å²) in [7, 11) is 2.90. The van der Waals surface area contributed by atoms with Gasteiger partial charge in [-0.25, -0.2) is 9.18 Å². The van der Waals surface area contributed by atoms with E-state index < -0.39 is 5.97 Å². The summed E-state index contributed by atoms with van der Waals surface area (Å²) >= 11 is 0. The Bertz CT molecular complexity index is 870. The number of aromatic amines is 1. The number of carbonyl (C=O) groups excluding carboxylic acids is 1. The predicted octanol–water partition coefficient (Wildman–Crippen LogP) is 3.69. The second-order valence-corrected chi connectivity index (χ2v) is 5.20. The lowest BCUT2D eigenvalue weighted by atomic mass is 10.0. The highest BCUT2D eigenvalue weighted by molar-refractivity contribution is 5.90. The number of hydrogen-bond donors (Lipinski definition) is 1. The van der Waals surface area contributed by atoms with E-state index in [1.807, 2.05) is 12.3 Å². The van der Waals surface area contributed by atoms with Crippen LogP contribution in [0.15, 0.2) is 42.6 Å². The maximum atomic E-state index is 13.3. The molecule has 0 saturated heterocycles. The van der Waals surface area contributed by atoms with Crippen LogP contribution in [0.5, 0.6) is 5.75 Å². The van der Waals surface area contributed by atoms with E-state index in [9.17, 15) is 9.18 Å². The lowest BCUT2D eigenvalue weighted by molar-refractivity contribution is 0.0600. The van der Waals surface area contributed by atoms with E-state index in [0.717, 1.165) is 22.0 Å². The Hall–Kier alpha value is -2.82. The van der Waals surface area contributed by atoms with Crippen LogP contribution in [0, 0.1) is 5.82 Å². The molecule has 4 nitrogen and oxygen atoms in total. The monoisotopic (exact) mass is 313 g/mol. The van der Waals surface area contributed by atoms with Crippen LogP contribution in [0.3, 0.4) is 0 Å². The average Bonchev–Trinajstić information content (AvgIpc) is 2.96. The molecule has 3 aromatic rings. The summed E-state index contributed by atoms with van der Waals surface area (Å²) < 4.78 is 23.4. The maximum absolute atomic E-state index is 13.3. The van der Waals surface area contributed by atoms with E-state index in [1.54, 1.807) is 25.3 Å². The smallest absolute Gasteiger partial charge is 0.337 e. The molecule has 1 aromatic heterocycles. The number of rotatable bonds is 4. The molecule has 23 heavy (non-hydrogen) atoms. The third-order valence-corrected chi connectivity index (χ3v) is 3.82. The van der Waals surface area contributed by atoms with Crippen molar-refractivity contribution in [1.29, 1.82) is 0 Å². The highest BCUT2D eigenvalue weighted by Gasteiger charge is 2.13. The number of aromatic nitrogens is 1. The maximum Gasteiger partial charge on any atom is 0.337 e. The molecule has 3 rings (SSSR count). The number of H-pyrrole nitrogens is 1. The van der Waals surface area contributed by atoms with E-state index in [2.05, 4.69) is 4.98 Å². The zero-order valence-electron chi connectivity index (χ0n) is 12.9. The third-order valence-electron chi connectivity index (χ3n) is 3.82. The number of carbonyl (C=O) groups is 1. The summed E-state index contributed by atoms with van der Waals surface area (Å²) in [6.45, 7) is 0. The molecule has 1 heterocycles. The van der Waals surface area contributed by atoms with Crippen LogP contribution in [0.1, 0.15) is 21.5 Å². The first kappa shape index (κ1) is 15.1. The largest absolute Gasteiger partial charge is 0.496 e. The van der Waals surface area contributed by atoms with Crippen LogP contribution in [-0.4, -0.2) is 25.2 Å². The Labute approximate surface area is 132 Å². The number of methoxy groups -OCH3 is 2. The Morgan fingerprint density at radius 1 is 1.13 bits per heavy atom. The van der Waals surface area contributed by atoms with Gasteiger partial charge in [0.25, 0.3) is 0 Å². The average molecular weight is 313 g/mol. The first-order valence-electron chi connectivity index (χ1n) is 7.13. The predicted molar refractivity (Wildman–Crippen MR) is 85.4 cm³/mol. The van der Waals surface area contributed by atoms with Gasteiger partial charge in [-0.05, 0) is 41.5 Å². The van der Waals surface area contributed by atoms with Crippen molar-refractivity contribution in [2.45, 2.75) is 6.42 Å². The fourth-order valence-corrected chi connectivity index (χ4v) is 2.65. The molecule has 0 bridgehead atoms. The van der Waals surface area contributed by atoms with Crippen LogP contribution in [0.4, 0.5) is 4.39 Å². The molecule has 0 aliphatic heterocycles. The van der Waals surface area contributed by atoms with E-state index in [1.165, 1.54) is 19.2 Å². The number of nitrogens with one attached hydrogen (secondary N) is 1. The van der Waals surface area contributed by atoms with Crippen LogP contribution < -0.4 is 4.74 Å². The third kappa shape index (κ3) is 2.90. The minimum Gasteiger partial charge on any atom is -0.496 e. The zero-order valence-corrected chi connectivity index (χ0v) is 12.9. The van der Waals surface area contributed by atoms with Gasteiger partial charge in [-0.2, -0.15) is 0 Å². The molecule has 0 atom stereocenters. The van der Waals surface area contributed by atoms with Gasteiger partial charge in [0.15, 0.2) is 0 Å². The van der Waals surface area contributed by atoms with Crippen molar-refractivity contribution in [3.8, 4) is 5.75 Å². The van der Waals surface area contributed by atoms with Gasteiger partial charge in [0.2, 0.25) is 0 Å². The Kier molecular flexibility index (Phi) is 4.02. The molecule has 118 valence electrons. The Balaban J connectivity index is 1.96. The SMILES string of the molecule is COC(=O)c1ccc(Cc2c[nH]c3cc(F)ccc23)c(OC)c1. The van der Waals surface area contributed by atoms with Crippen LogP contribution >= 0.6 is 0 Å². The molecule has 1 N–H and O–H groups in total. The normalized spacial score (nSPS) is 10.7. The van der Waals surface area contributed by atoms with Gasteiger partial charge in [0.1, 0.15) is 11.6 Å². The van der Waals surface area contributed by atoms with Gasteiger partial charge in [0.05, 0.1) is 19.8 Å². The highest BCUT2D eigenvalue weighted by atomic mass is 19.1. The van der Waals surface area contributed by atoms with Gasteiger partial charge in [0, 0.05) is 23.5 Å². The first-order valence-corrected chi connectivity index (χ1v) is 7.13. The van der Waals surface area contributed by atoms with Crippen molar-refractivity contribution in [1.82, 2.24) is 4.98 Å². The molecule has 0 aliphatic carbocycles. The topological polar surface area (TPSA) is 51.3 Å². The summed E-state index contributed by atoms with van der Waals surface area (Å²) in [4.78, 5) is 14.7. The molecule has 0 aliphatic rings. The number of fused-ring (bicyclic) bond motifs is 1. The molecule has 0 radical (unpaired) electrons. The van der Waals surface area contributed by atoms with Gasteiger partial charge < -0.3 is 14.5 Å². The molecular weight excluding hydrogens is 297 g/mol. The Morgan fingerprint density at radius 3 is 2.70 bits per heavy atom. The summed E-state index contributed by atoms with van der Waals surface area (Å²) in [5.74, 6) is -0.0623. The highest BCUT2D eigenvalue weighted by Crippen LogP contribution is 2.27. The van der Waals surface area contributed by atoms with Crippen LogP contribution in [0.25, 0.3) is 10.9 Å². The Morgan fingerprint density at radius 2 is 1.96 bits per heavy atom. The van der Waals surface area contributed by atoms with Crippen molar-refractivity contribution < 1.29 is 18.7 Å². The van der Waals surface area contributed by atoms with Crippen molar-refractivity contribution >= 4 is 16.9 Å². The van der Waals surface area contributed by atoms with E-state index in [-0.39, 0.29) is 5.82 Å². The zero-order chi connectivity index (χ0) is 16.4. The summed E-state index contributed by atoms with van der Waals surface area (Å²) in [6, 6.07) is 9.88. The number of ether oxygens (including phenoxy) is 2. The van der Waals surface area contributed by atoms with Gasteiger partial charge in [-0.1, -0.05) is 6.07 Å². The quantitative estimate of drug-likeness (QED) is 0.747. The van der Waals surface area contributed by atoms with Crippen LogP contribution in [0.2, 0.25) is 0 Å². The standard InChI is InChI=1S/C18H16FNO3/c1-22-17-8-12(18(21)23-2)4-3-11(17)7-13-10-20-16-9-14(19)5-6-15(13)16/h3-6,8-10,20H,7H2,1-2H3. The van der Waals surface area contributed by atoms with Crippen LogP contribution in [-0.2, 0) is 11.2 Å². The molecule has 2 aromatic carbocycles. The van der Waals surface area contributed by atoms with E-state index >= 15 is 0 Å². The number of benzene rings is 2. The molecule has 0 saturated carbocycles. The molecular formula is C18H16FNO3. The van der Waals surface area contributed by atoms with E-state index in [0.29, 0.717) is 17.7 Å². The van der Waals surface area contributed by atoms with Gasteiger partial charge in [-0.15, -0.1) is 0 Å². The summed E-state index contributed by atoms with van der Waals surface area (Å²) in [5.41, 5.74) is 3.16. The lowest BCUT2D eigenvalue weighted by Gasteiger charge is -2.10. The second-order valence-electron chi connectivity index (χ2n) is 5.20. The molecule has 0 unspecified atom stereocenters. The number of hydrogen-bond acceptors (Lipinski definition) is 3. The molecule has 0 spiro atoms. The minimum atomic E-state index is -0.405. The second kappa shape index (κ2) is 6.12. The summed E-state index contributed by atoms with van der Waals surface area (Å²) in [5, 5.41) is 0.963. The first-order chi connectivity index (χ1) is 11.1. The fraction of sp³-hybridized carbons (Fsp3) is 0.167. The van der Waals surface area contributed by atoms with Crippen molar-refractivity contribution in [2.24, 2.45) is 0 Å². The van der Waals surface area contributed by atoms with Crippen molar-refractivity contribution in [3.05, 3.63) is 65.1 Å². The van der Waals surface area contributed by atoms with E-state index in [4.69, 9.17) is 9.47 Å². The number of halogens is 1. The molecule has 0 amide bonds. The molecule has 5 heteroatoms. The van der Waals surface area contributed by atoms with Gasteiger partial charge in [-0.3, -0.25) is 0 Å². The molecule has 0 fully saturated rings. The number of esters is 1. The minimum absolute atomic E-state index is 0.272. The van der Waals surface area contributed by atoms with Gasteiger partial charge >= 0.3 is 5.97 Å². The lowest BCUT2D eigenvalue weighted by Crippen LogP contribution is -2.03. The van der Waals surface area contributed by atoms with Crippen molar-refractivity contribution in [2.75, 3.05) is 14.2 Å². The van der Waals surface area contributed by atoms with Crippen molar-refractivity contribution in [3.63, 3.8) is 0 Å².